The summed E-state index contributed by atoms with van der Waals surface area (Å²) in [5.74, 6) is 0. The van der Waals surface area contributed by atoms with Gasteiger partial charge in [-0.1, -0.05) is 0 Å². The van der Waals surface area contributed by atoms with Crippen molar-refractivity contribution in [1.82, 2.24) is 4.98 Å². The Morgan fingerprint density at radius 3 is 3.00 bits per heavy atom. The summed E-state index contributed by atoms with van der Waals surface area (Å²) >= 11 is 0. The third-order valence-electron chi connectivity index (χ3n) is 1.66. The summed E-state index contributed by atoms with van der Waals surface area (Å²) < 4.78 is 4.93. The highest BCUT2D eigenvalue weighted by atomic mass is 16.5. The molecule has 0 bridgehead atoms. The van der Waals surface area contributed by atoms with Crippen molar-refractivity contribution < 1.29 is 4.74 Å². The van der Waals surface area contributed by atoms with Crippen LogP contribution in [0.1, 0.15) is 17.3 Å². The van der Waals surface area contributed by atoms with E-state index in [9.17, 15) is 0 Å². The zero-order chi connectivity index (χ0) is 8.97. The van der Waals surface area contributed by atoms with Gasteiger partial charge in [0.2, 0.25) is 0 Å². The molecule has 0 fully saturated rings. The van der Waals surface area contributed by atoms with Crippen LogP contribution in [0.2, 0.25) is 0 Å². The number of methoxy groups -OCH3 is 1. The summed E-state index contributed by atoms with van der Waals surface area (Å²) in [5.41, 5.74) is 7.85. The fraction of sp³-hybridized carbons (Fsp3) is 0.444. The number of hydrogen-bond acceptors (Lipinski definition) is 3. The molecule has 3 heteroatoms. The van der Waals surface area contributed by atoms with Crippen LogP contribution in [-0.2, 0) is 4.74 Å². The van der Waals surface area contributed by atoms with Crippen molar-refractivity contribution in [1.29, 1.82) is 0 Å². The van der Waals surface area contributed by atoms with Gasteiger partial charge in [0, 0.05) is 13.3 Å². The van der Waals surface area contributed by atoms with Crippen molar-refractivity contribution in [3.63, 3.8) is 0 Å². The lowest BCUT2D eigenvalue weighted by Crippen LogP contribution is -2.17. The number of ether oxygens (including phenoxy) is 1. The lowest BCUT2D eigenvalue weighted by molar-refractivity contribution is 0.179. The standard InChI is InChI=1S/C9H14N2O/c1-7-3-4-11-9(5-7)8(10)6-12-2/h3-5,8H,6,10H2,1-2H3/t8-/m1/s1. The topological polar surface area (TPSA) is 48.1 Å². The zero-order valence-corrected chi connectivity index (χ0v) is 7.45. The maximum Gasteiger partial charge on any atom is 0.0707 e. The van der Waals surface area contributed by atoms with Gasteiger partial charge in [-0.15, -0.1) is 0 Å². The molecular weight excluding hydrogens is 152 g/mol. The van der Waals surface area contributed by atoms with Crippen LogP contribution in [0.15, 0.2) is 18.3 Å². The van der Waals surface area contributed by atoms with Gasteiger partial charge in [0.1, 0.15) is 0 Å². The van der Waals surface area contributed by atoms with Gasteiger partial charge in [-0.3, -0.25) is 4.98 Å². The molecule has 1 atom stereocenters. The highest BCUT2D eigenvalue weighted by Gasteiger charge is 2.05. The molecule has 0 saturated carbocycles. The van der Waals surface area contributed by atoms with Gasteiger partial charge in [-0.25, -0.2) is 0 Å². The minimum Gasteiger partial charge on any atom is -0.383 e. The summed E-state index contributed by atoms with van der Waals surface area (Å²) in [5, 5.41) is 0. The van der Waals surface area contributed by atoms with E-state index in [0.29, 0.717) is 6.61 Å². The first-order chi connectivity index (χ1) is 5.74. The van der Waals surface area contributed by atoms with Crippen molar-refractivity contribution in [2.45, 2.75) is 13.0 Å². The number of aromatic nitrogens is 1. The summed E-state index contributed by atoms with van der Waals surface area (Å²) in [7, 11) is 1.63. The molecule has 0 saturated heterocycles. The van der Waals surface area contributed by atoms with Crippen LogP contribution in [0.4, 0.5) is 0 Å². The van der Waals surface area contributed by atoms with Gasteiger partial charge in [0.15, 0.2) is 0 Å². The van der Waals surface area contributed by atoms with E-state index in [1.807, 2.05) is 19.1 Å². The Hall–Kier alpha value is -0.930. The molecule has 0 radical (unpaired) electrons. The number of nitrogens with zero attached hydrogens (tertiary/aromatic N) is 1. The molecule has 0 unspecified atom stereocenters. The van der Waals surface area contributed by atoms with Crippen molar-refractivity contribution in [2.24, 2.45) is 5.73 Å². The molecule has 0 aliphatic carbocycles. The van der Waals surface area contributed by atoms with Crippen LogP contribution in [-0.4, -0.2) is 18.7 Å². The minimum atomic E-state index is -0.116. The van der Waals surface area contributed by atoms with Crippen LogP contribution in [0.3, 0.4) is 0 Å². The molecule has 1 rings (SSSR count). The maximum atomic E-state index is 5.79. The van der Waals surface area contributed by atoms with E-state index < -0.39 is 0 Å². The Balaban J connectivity index is 2.73. The second-order valence-corrected chi connectivity index (χ2v) is 2.82. The van der Waals surface area contributed by atoms with E-state index in [0.717, 1.165) is 5.69 Å². The predicted molar refractivity (Wildman–Crippen MR) is 47.8 cm³/mol. The summed E-state index contributed by atoms with van der Waals surface area (Å²) in [6.07, 6.45) is 1.76. The third kappa shape index (κ3) is 2.29. The molecule has 0 amide bonds. The van der Waals surface area contributed by atoms with E-state index >= 15 is 0 Å². The second kappa shape index (κ2) is 4.18. The molecule has 1 aromatic heterocycles. The summed E-state index contributed by atoms with van der Waals surface area (Å²) in [6, 6.07) is 3.81. The van der Waals surface area contributed by atoms with Crippen molar-refractivity contribution in [2.75, 3.05) is 13.7 Å². The molecule has 0 aromatic carbocycles. The van der Waals surface area contributed by atoms with Crippen LogP contribution in [0, 0.1) is 6.92 Å². The zero-order valence-electron chi connectivity index (χ0n) is 7.45. The van der Waals surface area contributed by atoms with Crippen molar-refractivity contribution in [3.05, 3.63) is 29.6 Å². The maximum absolute atomic E-state index is 5.79. The molecular formula is C9H14N2O. The molecule has 1 aromatic rings. The first-order valence-corrected chi connectivity index (χ1v) is 3.91. The number of aryl methyl sites for hydroxylation is 1. The van der Waals surface area contributed by atoms with E-state index in [-0.39, 0.29) is 6.04 Å². The lowest BCUT2D eigenvalue weighted by Gasteiger charge is -2.09. The van der Waals surface area contributed by atoms with Gasteiger partial charge in [-0.2, -0.15) is 0 Å². The van der Waals surface area contributed by atoms with E-state index in [2.05, 4.69) is 4.98 Å². The molecule has 1 heterocycles. The molecule has 66 valence electrons. The van der Waals surface area contributed by atoms with Crippen LogP contribution >= 0.6 is 0 Å². The average molecular weight is 166 g/mol. The number of pyridine rings is 1. The average Bonchev–Trinajstić information content (AvgIpc) is 2.05. The molecule has 3 nitrogen and oxygen atoms in total. The quantitative estimate of drug-likeness (QED) is 0.729. The van der Waals surface area contributed by atoms with Gasteiger partial charge in [0.05, 0.1) is 18.3 Å². The van der Waals surface area contributed by atoms with Gasteiger partial charge in [0.25, 0.3) is 0 Å². The Labute approximate surface area is 72.6 Å². The molecule has 0 aliphatic heterocycles. The fourth-order valence-electron chi connectivity index (χ4n) is 1.03. The molecule has 12 heavy (non-hydrogen) atoms. The van der Waals surface area contributed by atoms with E-state index in [1.165, 1.54) is 5.56 Å². The Kier molecular flexibility index (Phi) is 3.19. The number of hydrogen-bond donors (Lipinski definition) is 1. The van der Waals surface area contributed by atoms with Crippen LogP contribution in [0.25, 0.3) is 0 Å². The highest BCUT2D eigenvalue weighted by molar-refractivity contribution is 5.16. The Morgan fingerprint density at radius 2 is 2.42 bits per heavy atom. The Morgan fingerprint density at radius 1 is 1.67 bits per heavy atom. The second-order valence-electron chi connectivity index (χ2n) is 2.82. The van der Waals surface area contributed by atoms with E-state index in [1.54, 1.807) is 13.3 Å². The summed E-state index contributed by atoms with van der Waals surface area (Å²) in [4.78, 5) is 4.15. The smallest absolute Gasteiger partial charge is 0.0707 e. The van der Waals surface area contributed by atoms with Gasteiger partial charge < -0.3 is 10.5 Å². The molecule has 2 N–H and O–H groups in total. The number of rotatable bonds is 3. The molecule has 0 aliphatic rings. The number of nitrogens with two attached hydrogens (primary N) is 1. The largest absolute Gasteiger partial charge is 0.383 e. The summed E-state index contributed by atoms with van der Waals surface area (Å²) in [6.45, 7) is 2.53. The SMILES string of the molecule is COC[C@@H](N)c1cc(C)ccn1. The van der Waals surface area contributed by atoms with Gasteiger partial charge >= 0.3 is 0 Å². The van der Waals surface area contributed by atoms with Crippen LogP contribution in [0.5, 0.6) is 0 Å². The van der Waals surface area contributed by atoms with E-state index in [4.69, 9.17) is 10.5 Å². The normalized spacial score (nSPS) is 12.9. The first kappa shape index (κ1) is 9.16. The molecule has 0 spiro atoms. The van der Waals surface area contributed by atoms with Crippen molar-refractivity contribution in [3.8, 4) is 0 Å². The third-order valence-corrected chi connectivity index (χ3v) is 1.66. The fourth-order valence-corrected chi connectivity index (χ4v) is 1.03. The highest BCUT2D eigenvalue weighted by Crippen LogP contribution is 2.08. The minimum absolute atomic E-state index is 0.116. The Bertz CT molecular complexity index is 250. The first-order valence-electron chi connectivity index (χ1n) is 3.91. The lowest BCUT2D eigenvalue weighted by atomic mass is 10.1. The van der Waals surface area contributed by atoms with Crippen LogP contribution < -0.4 is 5.73 Å². The van der Waals surface area contributed by atoms with Gasteiger partial charge in [-0.05, 0) is 24.6 Å². The van der Waals surface area contributed by atoms with Crippen molar-refractivity contribution >= 4 is 0 Å². The monoisotopic (exact) mass is 166 g/mol. The predicted octanol–water partition coefficient (Wildman–Crippen LogP) is 1.04.